The molecule has 1 unspecified atom stereocenters. The van der Waals surface area contributed by atoms with Crippen LogP contribution in [-0.2, 0) is 11.2 Å². The van der Waals surface area contributed by atoms with Gasteiger partial charge in [-0.2, -0.15) is 0 Å². The number of benzene rings is 1. The van der Waals surface area contributed by atoms with Crippen LogP contribution in [0.25, 0.3) is 0 Å². The van der Waals surface area contributed by atoms with Crippen molar-refractivity contribution < 1.29 is 9.47 Å². The highest BCUT2D eigenvalue weighted by molar-refractivity contribution is 5.30. The van der Waals surface area contributed by atoms with Crippen molar-refractivity contribution in [2.24, 2.45) is 0 Å². The fraction of sp³-hybridized carbons (Fsp3) is 0.500. The molecular formula is C16H23NO2. The molecule has 0 aliphatic carbocycles. The molecule has 19 heavy (non-hydrogen) atoms. The fourth-order valence-electron chi connectivity index (χ4n) is 2.31. The van der Waals surface area contributed by atoms with E-state index in [2.05, 4.69) is 30.4 Å². The molecule has 0 fully saturated rings. The van der Waals surface area contributed by atoms with Gasteiger partial charge in [0, 0.05) is 6.42 Å². The summed E-state index contributed by atoms with van der Waals surface area (Å²) in [4.78, 5) is 0. The first-order valence-corrected chi connectivity index (χ1v) is 7.02. The maximum absolute atomic E-state index is 5.71. The molecule has 0 bridgehead atoms. The van der Waals surface area contributed by atoms with Gasteiger partial charge >= 0.3 is 0 Å². The van der Waals surface area contributed by atoms with Gasteiger partial charge in [0.2, 0.25) is 0 Å². The zero-order valence-corrected chi connectivity index (χ0v) is 11.8. The van der Waals surface area contributed by atoms with E-state index in [4.69, 9.17) is 9.47 Å². The van der Waals surface area contributed by atoms with Gasteiger partial charge in [0.1, 0.15) is 11.5 Å². The summed E-state index contributed by atoms with van der Waals surface area (Å²) in [5.41, 5.74) is 1.27. The third kappa shape index (κ3) is 4.00. The third-order valence-electron chi connectivity index (χ3n) is 3.29. The summed E-state index contributed by atoms with van der Waals surface area (Å²) in [5.74, 6) is 2.00. The van der Waals surface area contributed by atoms with Crippen LogP contribution in [0.4, 0.5) is 0 Å². The van der Waals surface area contributed by atoms with Gasteiger partial charge in [-0.25, -0.2) is 0 Å². The van der Waals surface area contributed by atoms with E-state index < -0.39 is 0 Å². The Bertz CT molecular complexity index is 429. The molecule has 3 heteroatoms. The maximum atomic E-state index is 5.71. The van der Waals surface area contributed by atoms with Crippen LogP contribution < -0.4 is 10.1 Å². The predicted octanol–water partition coefficient (Wildman–Crippen LogP) is 2.91. The summed E-state index contributed by atoms with van der Waals surface area (Å²) >= 11 is 0. The highest BCUT2D eigenvalue weighted by Crippen LogP contribution is 2.19. The van der Waals surface area contributed by atoms with Crippen LogP contribution in [0.2, 0.25) is 0 Å². The largest absolute Gasteiger partial charge is 0.497 e. The van der Waals surface area contributed by atoms with Crippen molar-refractivity contribution in [1.29, 1.82) is 0 Å². The number of ether oxygens (including phenoxy) is 2. The molecule has 0 radical (unpaired) electrons. The van der Waals surface area contributed by atoms with Crippen molar-refractivity contribution in [2.75, 3.05) is 20.3 Å². The first-order valence-electron chi connectivity index (χ1n) is 7.02. The van der Waals surface area contributed by atoms with Crippen LogP contribution >= 0.6 is 0 Å². The lowest BCUT2D eigenvalue weighted by Gasteiger charge is -2.20. The summed E-state index contributed by atoms with van der Waals surface area (Å²) in [6.45, 7) is 4.01. The highest BCUT2D eigenvalue weighted by Gasteiger charge is 2.18. The number of hydrogen-bond donors (Lipinski definition) is 1. The molecule has 1 atom stereocenters. The Kier molecular flexibility index (Phi) is 5.28. The normalized spacial score (nSPS) is 15.8. The Labute approximate surface area is 115 Å². The number of hydrogen-bond acceptors (Lipinski definition) is 3. The van der Waals surface area contributed by atoms with Gasteiger partial charge in [-0.1, -0.05) is 19.1 Å². The van der Waals surface area contributed by atoms with E-state index in [1.54, 1.807) is 7.11 Å². The predicted molar refractivity (Wildman–Crippen MR) is 77.4 cm³/mol. The van der Waals surface area contributed by atoms with Crippen LogP contribution in [0, 0.1) is 0 Å². The highest BCUT2D eigenvalue weighted by atomic mass is 16.5. The van der Waals surface area contributed by atoms with Gasteiger partial charge in [-0.05, 0) is 43.2 Å². The van der Waals surface area contributed by atoms with Crippen LogP contribution in [0.1, 0.15) is 25.3 Å². The van der Waals surface area contributed by atoms with Crippen molar-refractivity contribution in [2.45, 2.75) is 32.2 Å². The molecule has 1 aliphatic rings. The molecule has 1 aromatic carbocycles. The van der Waals surface area contributed by atoms with Crippen LogP contribution in [-0.4, -0.2) is 26.3 Å². The summed E-state index contributed by atoms with van der Waals surface area (Å²) in [6.07, 6.45) is 5.29. The summed E-state index contributed by atoms with van der Waals surface area (Å²) in [5, 5.41) is 3.56. The Morgan fingerprint density at radius 2 is 2.32 bits per heavy atom. The molecule has 1 aliphatic heterocycles. The molecular weight excluding hydrogens is 238 g/mol. The Morgan fingerprint density at radius 3 is 3.00 bits per heavy atom. The monoisotopic (exact) mass is 261 g/mol. The minimum absolute atomic E-state index is 0.273. The number of rotatable bonds is 7. The molecule has 0 aromatic heterocycles. The average molecular weight is 261 g/mol. The first kappa shape index (κ1) is 13.9. The van der Waals surface area contributed by atoms with Crippen LogP contribution in [0.15, 0.2) is 36.1 Å². The Balaban J connectivity index is 2.05. The third-order valence-corrected chi connectivity index (χ3v) is 3.29. The molecule has 1 N–H and O–H groups in total. The molecule has 0 saturated carbocycles. The van der Waals surface area contributed by atoms with Gasteiger partial charge in [0.15, 0.2) is 0 Å². The molecule has 104 valence electrons. The lowest BCUT2D eigenvalue weighted by atomic mass is 10.0. The zero-order valence-electron chi connectivity index (χ0n) is 11.8. The van der Waals surface area contributed by atoms with Crippen molar-refractivity contribution >= 4 is 0 Å². The van der Waals surface area contributed by atoms with E-state index >= 15 is 0 Å². The number of nitrogens with one attached hydrogen (secondary N) is 1. The van der Waals surface area contributed by atoms with E-state index in [0.717, 1.165) is 43.9 Å². The van der Waals surface area contributed by atoms with E-state index in [1.807, 2.05) is 12.1 Å². The second-order valence-electron chi connectivity index (χ2n) is 4.81. The average Bonchev–Trinajstić information content (AvgIpc) is 2.97. The molecule has 1 aromatic rings. The van der Waals surface area contributed by atoms with Gasteiger partial charge in [-0.15, -0.1) is 0 Å². The quantitative estimate of drug-likeness (QED) is 0.818. The fourth-order valence-corrected chi connectivity index (χ4v) is 2.31. The standard InChI is InChI=1S/C16H23NO2/c1-3-9-17-15(16-8-5-10-19-16)12-13-6-4-7-14(11-13)18-2/h4,6-8,11,15,17H,3,5,9-10,12H2,1-2H3. The molecule has 3 nitrogen and oxygen atoms in total. The smallest absolute Gasteiger partial charge is 0.119 e. The number of methoxy groups -OCH3 is 1. The van der Waals surface area contributed by atoms with E-state index in [1.165, 1.54) is 5.56 Å². The SMILES string of the molecule is CCCNC(Cc1cccc(OC)c1)C1=CCCO1. The van der Waals surface area contributed by atoms with Gasteiger partial charge < -0.3 is 14.8 Å². The molecule has 0 spiro atoms. The van der Waals surface area contributed by atoms with Gasteiger partial charge in [-0.3, -0.25) is 0 Å². The molecule has 0 saturated heterocycles. The molecule has 2 rings (SSSR count). The Hall–Kier alpha value is -1.48. The lowest BCUT2D eigenvalue weighted by molar-refractivity contribution is 0.214. The van der Waals surface area contributed by atoms with Gasteiger partial charge in [0.25, 0.3) is 0 Å². The van der Waals surface area contributed by atoms with E-state index in [-0.39, 0.29) is 6.04 Å². The van der Waals surface area contributed by atoms with Crippen LogP contribution in [0.5, 0.6) is 5.75 Å². The summed E-state index contributed by atoms with van der Waals surface area (Å²) in [6, 6.07) is 8.52. The van der Waals surface area contributed by atoms with Crippen molar-refractivity contribution in [3.05, 3.63) is 41.7 Å². The second kappa shape index (κ2) is 7.19. The second-order valence-corrected chi connectivity index (χ2v) is 4.81. The molecule has 0 amide bonds. The van der Waals surface area contributed by atoms with E-state index in [9.17, 15) is 0 Å². The van der Waals surface area contributed by atoms with Crippen molar-refractivity contribution in [3.63, 3.8) is 0 Å². The molecule has 1 heterocycles. The van der Waals surface area contributed by atoms with Crippen molar-refractivity contribution in [3.8, 4) is 5.75 Å². The maximum Gasteiger partial charge on any atom is 0.119 e. The van der Waals surface area contributed by atoms with Gasteiger partial charge in [0.05, 0.1) is 19.8 Å². The minimum Gasteiger partial charge on any atom is -0.497 e. The Morgan fingerprint density at radius 1 is 1.42 bits per heavy atom. The van der Waals surface area contributed by atoms with Crippen molar-refractivity contribution in [1.82, 2.24) is 5.32 Å². The summed E-state index contributed by atoms with van der Waals surface area (Å²) < 4.78 is 11.0. The summed E-state index contributed by atoms with van der Waals surface area (Å²) in [7, 11) is 1.70. The van der Waals surface area contributed by atoms with Crippen LogP contribution in [0.3, 0.4) is 0 Å². The minimum atomic E-state index is 0.273. The first-order chi connectivity index (χ1) is 9.33. The topological polar surface area (TPSA) is 30.5 Å². The zero-order chi connectivity index (χ0) is 13.5. The lowest BCUT2D eigenvalue weighted by Crippen LogP contribution is -2.33. The van der Waals surface area contributed by atoms with E-state index in [0.29, 0.717) is 0 Å².